The van der Waals surface area contributed by atoms with Gasteiger partial charge in [0.05, 0.1) is 0 Å². The molecule has 1 aromatic rings. The Bertz CT molecular complexity index is 129. The summed E-state index contributed by atoms with van der Waals surface area (Å²) in [5.74, 6) is -0.787. The van der Waals surface area contributed by atoms with E-state index in [1.807, 2.05) is 0 Å². The molecule has 0 aliphatic rings. The van der Waals surface area contributed by atoms with Crippen molar-refractivity contribution in [3.05, 3.63) is 10.6 Å². The first-order valence-electron chi connectivity index (χ1n) is 0.946. The van der Waals surface area contributed by atoms with E-state index >= 15 is 0 Å². The topological polar surface area (TPSA) is 56.5 Å². The van der Waals surface area contributed by atoms with Gasteiger partial charge in [0.1, 0.15) is 0 Å². The third-order valence-electron chi connectivity index (χ3n) is 0.204. The molecule has 0 aromatic carbocycles. The van der Waals surface area contributed by atoms with Crippen LogP contribution in [0, 0.1) is 0 Å². The van der Waals surface area contributed by atoms with Gasteiger partial charge < -0.3 is 2.85 Å². The smallest absolute Gasteiger partial charge is 1.00 e. The van der Waals surface area contributed by atoms with Gasteiger partial charge in [-0.2, -0.15) is 13.9 Å². The van der Waals surface area contributed by atoms with Crippen LogP contribution in [0.2, 0.25) is 0 Å². The maximum Gasteiger partial charge on any atom is 2.00 e. The fourth-order valence-corrected chi connectivity index (χ4v) is 0.0618. The second kappa shape index (κ2) is 2.09. The Kier molecular flexibility index (Phi) is 2.03. The van der Waals surface area contributed by atoms with Crippen LogP contribution in [0.3, 0.4) is 0 Å². The van der Waals surface area contributed by atoms with Gasteiger partial charge in [-0.25, -0.2) is 0 Å². The van der Waals surface area contributed by atoms with Gasteiger partial charge in [-0.3, -0.25) is 0 Å². The zero-order chi connectivity index (χ0) is 3.70. The summed E-state index contributed by atoms with van der Waals surface area (Å²) in [6.07, 6.45) is 0. The van der Waals surface area contributed by atoms with Gasteiger partial charge in [-0.15, -0.1) is 0 Å². The quantitative estimate of drug-likeness (QED) is 0.332. The van der Waals surface area contributed by atoms with E-state index in [2.05, 4.69) is 13.9 Å². The molecule has 1 aromatic heterocycles. The largest absolute Gasteiger partial charge is 2.00 e. The summed E-state index contributed by atoms with van der Waals surface area (Å²) in [6, 6.07) is 0. The van der Waals surface area contributed by atoms with E-state index in [9.17, 15) is 4.79 Å². The summed E-state index contributed by atoms with van der Waals surface area (Å²) in [6.45, 7) is 0. The fraction of sp³-hybridized carbons (Fsp3) is 0. The molecule has 0 radical (unpaired) electrons. The number of hydrogen-bond acceptors (Lipinski definition) is 4. The SMILES string of the molecule is O=c1ooo1.[H-].[H-].[Mg+2]. The monoisotopic (exact) mass is 102 g/mol. The zero-order valence-corrected chi connectivity index (χ0v) is 4.25. The van der Waals surface area contributed by atoms with Gasteiger partial charge in [-0.1, -0.05) is 4.74 Å². The molecule has 0 saturated heterocycles. The molecule has 0 aliphatic carbocycles. The van der Waals surface area contributed by atoms with Crippen molar-refractivity contribution in [3.8, 4) is 0 Å². The van der Waals surface area contributed by atoms with Crippen LogP contribution in [-0.2, 0) is 0 Å². The Balaban J connectivity index is -0.0000000833. The summed E-state index contributed by atoms with van der Waals surface area (Å²) in [5.41, 5.74) is 0. The van der Waals surface area contributed by atoms with Crippen molar-refractivity contribution in [2.24, 2.45) is 0 Å². The third kappa shape index (κ3) is 0.906. The first-order valence-corrected chi connectivity index (χ1v) is 0.946. The Hall–Kier alpha value is -0.164. The predicted octanol–water partition coefficient (Wildman–Crippen LogP) is -0.330. The van der Waals surface area contributed by atoms with Crippen LogP contribution in [0.4, 0.5) is 0 Å². The minimum absolute atomic E-state index is 0. The first-order chi connectivity index (χ1) is 2.39. The standard InChI is InChI=1S/CO4.Mg.2H/c2-1-3-5-4-1;;;/q;+2;2*-1. The maximum absolute atomic E-state index is 9.33. The molecule has 0 spiro atoms. The number of rotatable bonds is 0. The summed E-state index contributed by atoms with van der Waals surface area (Å²) in [5, 5.41) is 0. The van der Waals surface area contributed by atoms with Crippen LogP contribution < -0.4 is 5.82 Å². The van der Waals surface area contributed by atoms with Gasteiger partial charge in [0.25, 0.3) is 0 Å². The predicted molar refractivity (Wildman–Crippen MR) is 17.5 cm³/mol. The van der Waals surface area contributed by atoms with Gasteiger partial charge in [0, 0.05) is 0 Å². The molecule has 4 nitrogen and oxygen atoms in total. The van der Waals surface area contributed by atoms with Crippen LogP contribution in [0.15, 0.2) is 18.7 Å². The minimum Gasteiger partial charge on any atom is -1.00 e. The Morgan fingerprint density at radius 1 is 1.50 bits per heavy atom. The van der Waals surface area contributed by atoms with Gasteiger partial charge in [-0.05, 0) is 0 Å². The summed E-state index contributed by atoms with van der Waals surface area (Å²) < 4.78 is 10.6. The summed E-state index contributed by atoms with van der Waals surface area (Å²) in [7, 11) is 0. The van der Waals surface area contributed by atoms with Crippen molar-refractivity contribution < 1.29 is 16.7 Å². The van der Waals surface area contributed by atoms with Crippen molar-refractivity contribution in [1.82, 2.24) is 0 Å². The molecule has 0 aliphatic heterocycles. The van der Waals surface area contributed by atoms with Crippen LogP contribution in [0.25, 0.3) is 0 Å². The molecule has 1 heterocycles. The molecule has 0 atom stereocenters. The molecule has 0 fully saturated rings. The van der Waals surface area contributed by atoms with Crippen molar-refractivity contribution in [2.75, 3.05) is 0 Å². The second-order valence-corrected chi connectivity index (χ2v) is 0.485. The average molecular weight is 102 g/mol. The molecule has 0 amide bonds. The molecule has 5 heteroatoms. The summed E-state index contributed by atoms with van der Waals surface area (Å²) >= 11 is 0. The van der Waals surface area contributed by atoms with Crippen LogP contribution in [-0.4, -0.2) is 23.1 Å². The van der Waals surface area contributed by atoms with Gasteiger partial charge in [0.15, 0.2) is 0 Å². The van der Waals surface area contributed by atoms with Crippen molar-refractivity contribution in [3.63, 3.8) is 0 Å². The van der Waals surface area contributed by atoms with E-state index in [0.29, 0.717) is 0 Å². The van der Waals surface area contributed by atoms with E-state index in [-0.39, 0.29) is 25.9 Å². The van der Waals surface area contributed by atoms with Crippen LogP contribution >= 0.6 is 0 Å². The minimum atomic E-state index is -0.787. The fourth-order valence-electron chi connectivity index (χ4n) is 0.0618. The third-order valence-corrected chi connectivity index (χ3v) is 0.204. The van der Waals surface area contributed by atoms with Crippen molar-refractivity contribution >= 4 is 23.1 Å². The number of hydrogen-bond donors (Lipinski definition) is 0. The maximum atomic E-state index is 9.33. The Labute approximate surface area is 51.1 Å². The zero-order valence-electron chi connectivity index (χ0n) is 4.84. The Morgan fingerprint density at radius 2 is 1.83 bits per heavy atom. The second-order valence-electron chi connectivity index (χ2n) is 0.485. The van der Waals surface area contributed by atoms with Crippen molar-refractivity contribution in [2.45, 2.75) is 0 Å². The van der Waals surface area contributed by atoms with Crippen LogP contribution in [0.5, 0.6) is 0 Å². The molecule has 32 valence electrons. The molecule has 0 N–H and O–H groups in total. The van der Waals surface area contributed by atoms with E-state index in [0.717, 1.165) is 0 Å². The normalized spacial score (nSPS) is 7.33. The average Bonchev–Trinajstić information content (AvgIpc) is 1.30. The molecule has 0 bridgehead atoms. The van der Waals surface area contributed by atoms with E-state index in [1.54, 1.807) is 0 Å². The molecule has 1 rings (SSSR count). The van der Waals surface area contributed by atoms with Gasteiger partial charge >= 0.3 is 28.9 Å². The van der Waals surface area contributed by atoms with Crippen molar-refractivity contribution in [1.29, 1.82) is 0 Å². The molecule has 0 saturated carbocycles. The molecule has 6 heavy (non-hydrogen) atoms. The van der Waals surface area contributed by atoms with E-state index in [4.69, 9.17) is 0 Å². The first kappa shape index (κ1) is 5.84. The molecular formula is CH2MgO4. The Morgan fingerprint density at radius 3 is 1.83 bits per heavy atom. The molecule has 0 unspecified atom stereocenters. The van der Waals surface area contributed by atoms with Gasteiger partial charge in [0.2, 0.25) is 0 Å². The van der Waals surface area contributed by atoms with Crippen LogP contribution in [0.1, 0.15) is 2.85 Å². The summed E-state index contributed by atoms with van der Waals surface area (Å²) in [4.78, 5) is 9.33. The van der Waals surface area contributed by atoms with E-state index < -0.39 is 5.82 Å². The van der Waals surface area contributed by atoms with E-state index in [1.165, 1.54) is 0 Å². The molecular weight excluding hydrogens is 100 g/mol.